The van der Waals surface area contributed by atoms with Gasteiger partial charge in [0.1, 0.15) is 11.6 Å². The highest BCUT2D eigenvalue weighted by Gasteiger charge is 2.05. The molecule has 62 valence electrons. The van der Waals surface area contributed by atoms with E-state index >= 15 is 0 Å². The lowest BCUT2D eigenvalue weighted by molar-refractivity contribution is 0.410. The third kappa shape index (κ3) is 1.37. The quantitative estimate of drug-likeness (QED) is 0.637. The number of nitriles is 1. The molecule has 0 saturated carbocycles. The maximum atomic E-state index is 13.0. The number of benzene rings is 1. The summed E-state index contributed by atoms with van der Waals surface area (Å²) in [5.41, 5.74) is 0.671. The van der Waals surface area contributed by atoms with Crippen molar-refractivity contribution in [3.8, 4) is 11.8 Å². The number of ether oxygens (including phenoxy) is 1. The molecule has 0 saturated heterocycles. The first-order chi connectivity index (χ1) is 5.69. The van der Waals surface area contributed by atoms with Crippen molar-refractivity contribution in [1.29, 1.82) is 5.26 Å². The van der Waals surface area contributed by atoms with Gasteiger partial charge in [-0.15, -0.1) is 0 Å². The van der Waals surface area contributed by atoms with Crippen molar-refractivity contribution >= 4 is 0 Å². The summed E-state index contributed by atoms with van der Waals surface area (Å²) in [6.07, 6.45) is 0. The molecule has 0 unspecified atom stereocenters. The van der Waals surface area contributed by atoms with Crippen molar-refractivity contribution in [2.45, 2.75) is 6.92 Å². The number of methoxy groups -OCH3 is 1. The lowest BCUT2D eigenvalue weighted by Gasteiger charge is -2.03. The van der Waals surface area contributed by atoms with Crippen molar-refractivity contribution in [3.63, 3.8) is 0 Å². The Morgan fingerprint density at radius 3 is 2.67 bits per heavy atom. The van der Waals surface area contributed by atoms with Crippen LogP contribution in [0.2, 0.25) is 0 Å². The summed E-state index contributed by atoms with van der Waals surface area (Å²) < 4.78 is 17.8. The molecule has 0 aliphatic carbocycles. The Hall–Kier alpha value is -1.56. The molecule has 2 nitrogen and oxygen atoms in total. The highest BCUT2D eigenvalue weighted by atomic mass is 19.1. The molecule has 1 aromatic rings. The molecular weight excluding hydrogens is 157 g/mol. The molecule has 0 N–H and O–H groups in total. The second kappa shape index (κ2) is 3.22. The van der Waals surface area contributed by atoms with Gasteiger partial charge in [0, 0.05) is 11.6 Å². The summed E-state index contributed by atoms with van der Waals surface area (Å²) in [4.78, 5) is 0. The molecule has 0 amide bonds. The molecular formula is C9H8FNO. The maximum absolute atomic E-state index is 13.0. The van der Waals surface area contributed by atoms with E-state index in [0.717, 1.165) is 0 Å². The molecule has 0 aliphatic rings. The Balaban J connectivity index is 3.31. The molecule has 0 heterocycles. The van der Waals surface area contributed by atoms with Gasteiger partial charge in [-0.3, -0.25) is 0 Å². The van der Waals surface area contributed by atoms with E-state index in [1.54, 1.807) is 6.92 Å². The highest BCUT2D eigenvalue weighted by Crippen LogP contribution is 2.19. The van der Waals surface area contributed by atoms with E-state index in [0.29, 0.717) is 16.9 Å². The number of hydrogen-bond acceptors (Lipinski definition) is 2. The SMILES string of the molecule is COc1cc(F)c(C)c(C#N)c1. The van der Waals surface area contributed by atoms with Crippen LogP contribution >= 0.6 is 0 Å². The van der Waals surface area contributed by atoms with Crippen LogP contribution in [0.4, 0.5) is 4.39 Å². The standard InChI is InChI=1S/C9H8FNO/c1-6-7(5-11)3-8(12-2)4-9(6)10/h3-4H,1-2H3. The van der Waals surface area contributed by atoms with E-state index in [1.165, 1.54) is 19.2 Å². The minimum atomic E-state index is -0.411. The monoisotopic (exact) mass is 165 g/mol. The molecule has 0 fully saturated rings. The molecule has 12 heavy (non-hydrogen) atoms. The first-order valence-corrected chi connectivity index (χ1v) is 3.43. The van der Waals surface area contributed by atoms with Crippen LogP contribution in [-0.2, 0) is 0 Å². The van der Waals surface area contributed by atoms with Gasteiger partial charge in [0.15, 0.2) is 0 Å². The van der Waals surface area contributed by atoms with Gasteiger partial charge in [-0.1, -0.05) is 0 Å². The van der Waals surface area contributed by atoms with Gasteiger partial charge in [-0.2, -0.15) is 5.26 Å². The Bertz CT molecular complexity index is 341. The van der Waals surface area contributed by atoms with E-state index in [4.69, 9.17) is 10.00 Å². The van der Waals surface area contributed by atoms with Crippen LogP contribution in [0.5, 0.6) is 5.75 Å². The van der Waals surface area contributed by atoms with Crippen molar-refractivity contribution < 1.29 is 9.13 Å². The number of rotatable bonds is 1. The highest BCUT2D eigenvalue weighted by molar-refractivity contribution is 5.43. The first-order valence-electron chi connectivity index (χ1n) is 3.43. The second-order valence-corrected chi connectivity index (χ2v) is 2.39. The van der Waals surface area contributed by atoms with Crippen molar-refractivity contribution in [2.75, 3.05) is 7.11 Å². The maximum Gasteiger partial charge on any atom is 0.131 e. The average molecular weight is 165 g/mol. The van der Waals surface area contributed by atoms with Gasteiger partial charge in [0.25, 0.3) is 0 Å². The third-order valence-electron chi connectivity index (χ3n) is 1.67. The lowest BCUT2D eigenvalue weighted by atomic mass is 10.1. The summed E-state index contributed by atoms with van der Waals surface area (Å²) in [7, 11) is 1.44. The fraction of sp³-hybridized carbons (Fsp3) is 0.222. The summed E-state index contributed by atoms with van der Waals surface area (Å²) in [5, 5.41) is 8.59. The molecule has 0 radical (unpaired) electrons. The van der Waals surface area contributed by atoms with Crippen LogP contribution in [0.3, 0.4) is 0 Å². The fourth-order valence-corrected chi connectivity index (χ4v) is 0.888. The molecule has 0 bridgehead atoms. The Morgan fingerprint density at radius 2 is 2.17 bits per heavy atom. The zero-order valence-corrected chi connectivity index (χ0v) is 6.89. The molecule has 1 rings (SSSR count). The van der Waals surface area contributed by atoms with E-state index in [9.17, 15) is 4.39 Å². The zero-order valence-electron chi connectivity index (χ0n) is 6.89. The van der Waals surface area contributed by atoms with Gasteiger partial charge in [-0.05, 0) is 13.0 Å². The topological polar surface area (TPSA) is 33.0 Å². The molecule has 0 aromatic heterocycles. The Morgan fingerprint density at radius 1 is 1.50 bits per heavy atom. The largest absolute Gasteiger partial charge is 0.497 e. The van der Waals surface area contributed by atoms with Crippen molar-refractivity contribution in [3.05, 3.63) is 29.1 Å². The van der Waals surface area contributed by atoms with Crippen LogP contribution in [-0.4, -0.2) is 7.11 Å². The molecule has 3 heteroatoms. The molecule has 0 spiro atoms. The number of halogens is 1. The number of hydrogen-bond donors (Lipinski definition) is 0. The van der Waals surface area contributed by atoms with Crippen molar-refractivity contribution in [2.24, 2.45) is 0 Å². The Labute approximate surface area is 70.2 Å². The van der Waals surface area contributed by atoms with E-state index in [-0.39, 0.29) is 0 Å². The van der Waals surface area contributed by atoms with Crippen LogP contribution in [0, 0.1) is 24.1 Å². The summed E-state index contributed by atoms with van der Waals surface area (Å²) >= 11 is 0. The predicted molar refractivity (Wildman–Crippen MR) is 42.4 cm³/mol. The van der Waals surface area contributed by atoms with Crippen LogP contribution in [0.15, 0.2) is 12.1 Å². The first kappa shape index (κ1) is 8.54. The van der Waals surface area contributed by atoms with Crippen LogP contribution < -0.4 is 4.74 Å². The van der Waals surface area contributed by atoms with E-state index < -0.39 is 5.82 Å². The third-order valence-corrected chi connectivity index (χ3v) is 1.67. The van der Waals surface area contributed by atoms with Gasteiger partial charge in [0.2, 0.25) is 0 Å². The van der Waals surface area contributed by atoms with Crippen molar-refractivity contribution in [1.82, 2.24) is 0 Å². The molecule has 0 atom stereocenters. The Kier molecular flexibility index (Phi) is 2.29. The van der Waals surface area contributed by atoms with E-state index in [2.05, 4.69) is 0 Å². The van der Waals surface area contributed by atoms with Crippen LogP contribution in [0.1, 0.15) is 11.1 Å². The second-order valence-electron chi connectivity index (χ2n) is 2.39. The van der Waals surface area contributed by atoms with Gasteiger partial charge < -0.3 is 4.74 Å². The predicted octanol–water partition coefficient (Wildman–Crippen LogP) is 2.01. The lowest BCUT2D eigenvalue weighted by Crippen LogP contribution is -1.91. The minimum Gasteiger partial charge on any atom is -0.497 e. The summed E-state index contributed by atoms with van der Waals surface area (Å²) in [6.45, 7) is 1.56. The average Bonchev–Trinajstić information content (AvgIpc) is 2.09. The molecule has 1 aromatic carbocycles. The molecule has 0 aliphatic heterocycles. The summed E-state index contributed by atoms with van der Waals surface area (Å²) in [5.74, 6) is -0.0412. The van der Waals surface area contributed by atoms with E-state index in [1.807, 2.05) is 6.07 Å². The zero-order chi connectivity index (χ0) is 9.14. The normalized spacial score (nSPS) is 9.17. The van der Waals surface area contributed by atoms with Gasteiger partial charge >= 0.3 is 0 Å². The van der Waals surface area contributed by atoms with Gasteiger partial charge in [-0.25, -0.2) is 4.39 Å². The fourth-order valence-electron chi connectivity index (χ4n) is 0.888. The minimum absolute atomic E-state index is 0.312. The number of nitrogens with zero attached hydrogens (tertiary/aromatic N) is 1. The summed E-state index contributed by atoms with van der Waals surface area (Å²) in [6, 6.07) is 4.66. The van der Waals surface area contributed by atoms with Gasteiger partial charge in [0.05, 0.1) is 18.7 Å². The van der Waals surface area contributed by atoms with Crippen LogP contribution in [0.25, 0.3) is 0 Å². The smallest absolute Gasteiger partial charge is 0.131 e.